The minimum absolute atomic E-state index is 0.310. The molecule has 0 spiro atoms. The molecule has 0 aliphatic rings. The lowest BCUT2D eigenvalue weighted by atomic mass is 10.2. The number of aromatic nitrogens is 3. The molecule has 0 N–H and O–H groups in total. The summed E-state index contributed by atoms with van der Waals surface area (Å²) in [4.78, 5) is 15.3. The molecular formula is C13H18N4S2. The molecule has 0 aliphatic carbocycles. The molecule has 0 aliphatic heterocycles. The lowest BCUT2D eigenvalue weighted by Crippen LogP contribution is -2.22. The molecule has 1 atom stereocenters. The van der Waals surface area contributed by atoms with Crippen LogP contribution in [0.4, 0.5) is 0 Å². The molecule has 1 unspecified atom stereocenters. The zero-order valence-corrected chi connectivity index (χ0v) is 13.0. The monoisotopic (exact) mass is 294 g/mol. The number of hydrogen-bond donors (Lipinski definition) is 0. The van der Waals surface area contributed by atoms with E-state index in [0.717, 1.165) is 28.0 Å². The van der Waals surface area contributed by atoms with Gasteiger partial charge in [-0.05, 0) is 19.7 Å². The van der Waals surface area contributed by atoms with E-state index in [1.54, 1.807) is 23.1 Å². The molecule has 0 aromatic carbocycles. The Kier molecular flexibility index (Phi) is 5.30. The highest BCUT2D eigenvalue weighted by Crippen LogP contribution is 2.22. The number of nitrogens with zero attached hydrogens (tertiary/aromatic N) is 4. The molecule has 0 amide bonds. The van der Waals surface area contributed by atoms with Crippen LogP contribution in [0.25, 0.3) is 0 Å². The molecule has 0 saturated heterocycles. The van der Waals surface area contributed by atoms with E-state index < -0.39 is 0 Å². The van der Waals surface area contributed by atoms with Crippen LogP contribution in [-0.2, 0) is 6.54 Å². The highest BCUT2D eigenvalue weighted by molar-refractivity contribution is 7.99. The summed E-state index contributed by atoms with van der Waals surface area (Å²) >= 11 is 3.35. The van der Waals surface area contributed by atoms with Crippen molar-refractivity contribution in [1.82, 2.24) is 19.9 Å². The highest BCUT2D eigenvalue weighted by atomic mass is 32.2. The molecule has 0 radical (unpaired) electrons. The van der Waals surface area contributed by atoms with Crippen LogP contribution < -0.4 is 0 Å². The smallest absolute Gasteiger partial charge is 0.187 e. The number of rotatable bonds is 6. The lowest BCUT2D eigenvalue weighted by Gasteiger charge is -2.22. The van der Waals surface area contributed by atoms with Gasteiger partial charge in [0.2, 0.25) is 0 Å². The first-order chi connectivity index (χ1) is 9.20. The third-order valence-corrected chi connectivity index (χ3v) is 4.56. The zero-order chi connectivity index (χ0) is 13.7. The largest absolute Gasteiger partial charge is 0.293 e. The van der Waals surface area contributed by atoms with E-state index >= 15 is 0 Å². The van der Waals surface area contributed by atoms with Gasteiger partial charge in [-0.2, -0.15) is 0 Å². The third-order valence-electron chi connectivity index (χ3n) is 2.86. The van der Waals surface area contributed by atoms with Crippen molar-refractivity contribution in [2.45, 2.75) is 31.6 Å². The van der Waals surface area contributed by atoms with Gasteiger partial charge >= 0.3 is 0 Å². The SMILES string of the molecule is CCSc1ncc(CN(C)C(C)c2nccs2)cn1. The standard InChI is InChI=1S/C13H18N4S2/c1-4-18-13-15-7-11(8-16-13)9-17(3)10(2)12-14-5-6-19-12/h5-8,10H,4,9H2,1-3H3. The predicted octanol–water partition coefficient (Wildman–Crippen LogP) is 3.24. The predicted molar refractivity (Wildman–Crippen MR) is 80.4 cm³/mol. The summed E-state index contributed by atoms with van der Waals surface area (Å²) in [5.74, 6) is 1.00. The van der Waals surface area contributed by atoms with E-state index in [4.69, 9.17) is 0 Å². The van der Waals surface area contributed by atoms with Crippen LogP contribution in [0.15, 0.2) is 29.1 Å². The van der Waals surface area contributed by atoms with Crippen molar-refractivity contribution in [1.29, 1.82) is 0 Å². The minimum atomic E-state index is 0.310. The van der Waals surface area contributed by atoms with Gasteiger partial charge in [0.05, 0.1) is 6.04 Å². The molecule has 19 heavy (non-hydrogen) atoms. The van der Waals surface area contributed by atoms with Crippen molar-refractivity contribution in [3.63, 3.8) is 0 Å². The maximum absolute atomic E-state index is 4.36. The maximum Gasteiger partial charge on any atom is 0.187 e. The van der Waals surface area contributed by atoms with Gasteiger partial charge in [-0.1, -0.05) is 18.7 Å². The first-order valence-electron chi connectivity index (χ1n) is 6.24. The molecular weight excluding hydrogens is 276 g/mol. The molecule has 0 bridgehead atoms. The Morgan fingerprint density at radius 1 is 1.32 bits per heavy atom. The first-order valence-corrected chi connectivity index (χ1v) is 8.10. The summed E-state index contributed by atoms with van der Waals surface area (Å²) in [7, 11) is 2.10. The molecule has 4 nitrogen and oxygen atoms in total. The summed E-state index contributed by atoms with van der Waals surface area (Å²) in [6.07, 6.45) is 5.68. The summed E-state index contributed by atoms with van der Waals surface area (Å²) in [6.45, 7) is 5.10. The summed E-state index contributed by atoms with van der Waals surface area (Å²) in [6, 6.07) is 0.310. The van der Waals surface area contributed by atoms with Crippen molar-refractivity contribution in [2.75, 3.05) is 12.8 Å². The van der Waals surface area contributed by atoms with Crippen LogP contribution in [0.2, 0.25) is 0 Å². The highest BCUT2D eigenvalue weighted by Gasteiger charge is 2.14. The van der Waals surface area contributed by atoms with E-state index in [2.05, 4.69) is 40.7 Å². The zero-order valence-electron chi connectivity index (χ0n) is 11.4. The van der Waals surface area contributed by atoms with Crippen LogP contribution in [-0.4, -0.2) is 32.7 Å². The quantitative estimate of drug-likeness (QED) is 0.604. The molecule has 2 aromatic rings. The minimum Gasteiger partial charge on any atom is -0.293 e. The van der Waals surface area contributed by atoms with Gasteiger partial charge in [-0.3, -0.25) is 4.90 Å². The van der Waals surface area contributed by atoms with Crippen LogP contribution >= 0.6 is 23.1 Å². The molecule has 2 heterocycles. The van der Waals surface area contributed by atoms with Crippen molar-refractivity contribution in [3.8, 4) is 0 Å². The van der Waals surface area contributed by atoms with E-state index in [-0.39, 0.29) is 0 Å². The fourth-order valence-corrected chi connectivity index (χ4v) is 2.95. The van der Waals surface area contributed by atoms with E-state index in [9.17, 15) is 0 Å². The van der Waals surface area contributed by atoms with E-state index in [0.29, 0.717) is 6.04 Å². The molecule has 0 saturated carbocycles. The Morgan fingerprint density at radius 3 is 2.63 bits per heavy atom. The number of thioether (sulfide) groups is 1. The van der Waals surface area contributed by atoms with E-state index in [1.165, 1.54) is 0 Å². The molecule has 0 fully saturated rings. The molecule has 102 valence electrons. The van der Waals surface area contributed by atoms with Crippen molar-refractivity contribution < 1.29 is 0 Å². The Hall–Kier alpha value is -0.980. The van der Waals surface area contributed by atoms with Gasteiger partial charge in [-0.15, -0.1) is 11.3 Å². The number of thiazole rings is 1. The van der Waals surface area contributed by atoms with Gasteiger partial charge in [0, 0.05) is 36.1 Å². The topological polar surface area (TPSA) is 41.9 Å². The Labute approximate surface area is 122 Å². The first kappa shape index (κ1) is 14.4. The van der Waals surface area contributed by atoms with Gasteiger partial charge in [0.15, 0.2) is 5.16 Å². The third kappa shape index (κ3) is 3.99. The maximum atomic E-state index is 4.36. The second-order valence-electron chi connectivity index (χ2n) is 4.27. The molecule has 2 rings (SSSR count). The Morgan fingerprint density at radius 2 is 2.05 bits per heavy atom. The van der Waals surface area contributed by atoms with Crippen LogP contribution in [0.1, 0.15) is 30.5 Å². The second kappa shape index (κ2) is 6.98. The molecule has 6 heteroatoms. The normalized spacial score (nSPS) is 12.8. The van der Waals surface area contributed by atoms with Crippen LogP contribution in [0.5, 0.6) is 0 Å². The van der Waals surface area contributed by atoms with E-state index in [1.807, 2.05) is 24.0 Å². The fraction of sp³-hybridized carbons (Fsp3) is 0.462. The number of hydrogen-bond acceptors (Lipinski definition) is 6. The average molecular weight is 294 g/mol. The van der Waals surface area contributed by atoms with Gasteiger partial charge < -0.3 is 0 Å². The fourth-order valence-electron chi connectivity index (χ4n) is 1.68. The Balaban J connectivity index is 1.96. The van der Waals surface area contributed by atoms with Gasteiger partial charge in [0.1, 0.15) is 5.01 Å². The van der Waals surface area contributed by atoms with Crippen LogP contribution in [0, 0.1) is 0 Å². The van der Waals surface area contributed by atoms with Crippen molar-refractivity contribution in [2.24, 2.45) is 0 Å². The molecule has 2 aromatic heterocycles. The van der Waals surface area contributed by atoms with Crippen LogP contribution in [0.3, 0.4) is 0 Å². The average Bonchev–Trinajstić information content (AvgIpc) is 2.94. The Bertz CT molecular complexity index is 484. The van der Waals surface area contributed by atoms with Gasteiger partial charge in [-0.25, -0.2) is 15.0 Å². The summed E-state index contributed by atoms with van der Waals surface area (Å²) in [5, 5.41) is 4.00. The summed E-state index contributed by atoms with van der Waals surface area (Å²) in [5.41, 5.74) is 1.13. The summed E-state index contributed by atoms with van der Waals surface area (Å²) < 4.78 is 0. The van der Waals surface area contributed by atoms with Crippen molar-refractivity contribution in [3.05, 3.63) is 34.5 Å². The van der Waals surface area contributed by atoms with Gasteiger partial charge in [0.25, 0.3) is 0 Å². The van der Waals surface area contributed by atoms with Crippen molar-refractivity contribution >= 4 is 23.1 Å². The lowest BCUT2D eigenvalue weighted by molar-refractivity contribution is 0.252. The second-order valence-corrected chi connectivity index (χ2v) is 6.43.